The molecule has 2 unspecified atom stereocenters. The fourth-order valence-corrected chi connectivity index (χ4v) is 1.87. The van der Waals surface area contributed by atoms with E-state index in [0.29, 0.717) is 5.56 Å². The van der Waals surface area contributed by atoms with Crippen molar-refractivity contribution in [3.8, 4) is 0 Å². The molecule has 88 valence electrons. The van der Waals surface area contributed by atoms with Crippen LogP contribution in [0.3, 0.4) is 0 Å². The molecular weight excluding hydrogens is 276 g/mol. The van der Waals surface area contributed by atoms with E-state index in [1.165, 1.54) is 0 Å². The minimum atomic E-state index is -1.56. The van der Waals surface area contributed by atoms with Crippen LogP contribution in [-0.2, 0) is 9.53 Å². The van der Waals surface area contributed by atoms with E-state index in [4.69, 9.17) is 0 Å². The van der Waals surface area contributed by atoms with Gasteiger partial charge in [0.2, 0.25) is 0 Å². The smallest absolute Gasteiger partial charge is 0.337 e. The first kappa shape index (κ1) is 13.2. The second-order valence-corrected chi connectivity index (χ2v) is 4.33. The number of carbonyl (C=O) groups is 1. The van der Waals surface area contributed by atoms with Gasteiger partial charge in [-0.05, 0) is 30.2 Å². The van der Waals surface area contributed by atoms with E-state index in [2.05, 4.69) is 20.7 Å². The minimum Gasteiger partial charge on any atom is -0.467 e. The van der Waals surface area contributed by atoms with Gasteiger partial charge in [0.05, 0.1) is 7.11 Å². The van der Waals surface area contributed by atoms with Crippen molar-refractivity contribution in [1.82, 2.24) is 0 Å². The van der Waals surface area contributed by atoms with E-state index >= 15 is 0 Å². The van der Waals surface area contributed by atoms with Crippen LogP contribution in [0.25, 0.3) is 0 Å². The SMILES string of the molecule is COC(=O)C(O)C(O)c1ccc(Br)cc1C. The Morgan fingerprint density at radius 3 is 2.56 bits per heavy atom. The lowest BCUT2D eigenvalue weighted by atomic mass is 10.00. The molecule has 0 spiro atoms. The molecule has 16 heavy (non-hydrogen) atoms. The molecule has 0 saturated heterocycles. The van der Waals surface area contributed by atoms with E-state index in [9.17, 15) is 15.0 Å². The normalized spacial score (nSPS) is 14.3. The summed E-state index contributed by atoms with van der Waals surface area (Å²) in [7, 11) is 1.16. The number of rotatable bonds is 3. The lowest BCUT2D eigenvalue weighted by molar-refractivity contribution is -0.156. The van der Waals surface area contributed by atoms with Gasteiger partial charge in [-0.1, -0.05) is 22.0 Å². The summed E-state index contributed by atoms with van der Waals surface area (Å²) in [4.78, 5) is 11.1. The quantitative estimate of drug-likeness (QED) is 0.824. The van der Waals surface area contributed by atoms with Crippen molar-refractivity contribution in [2.45, 2.75) is 19.1 Å². The number of carbonyl (C=O) groups excluding carboxylic acids is 1. The van der Waals surface area contributed by atoms with Crippen LogP contribution in [0, 0.1) is 6.92 Å². The summed E-state index contributed by atoms with van der Waals surface area (Å²) in [6.07, 6.45) is -2.84. The Hall–Kier alpha value is -0.910. The van der Waals surface area contributed by atoms with Crippen molar-refractivity contribution in [3.05, 3.63) is 33.8 Å². The molecule has 4 nitrogen and oxygen atoms in total. The van der Waals surface area contributed by atoms with Gasteiger partial charge in [-0.3, -0.25) is 0 Å². The highest BCUT2D eigenvalue weighted by Crippen LogP contribution is 2.24. The van der Waals surface area contributed by atoms with Gasteiger partial charge in [-0.25, -0.2) is 4.79 Å². The standard InChI is InChI=1S/C11H13BrO4/c1-6-5-7(12)3-4-8(6)9(13)10(14)11(15)16-2/h3-5,9-10,13-14H,1-2H3. The van der Waals surface area contributed by atoms with Crippen molar-refractivity contribution < 1.29 is 19.7 Å². The summed E-state index contributed by atoms with van der Waals surface area (Å²) in [6, 6.07) is 5.17. The van der Waals surface area contributed by atoms with Crippen LogP contribution >= 0.6 is 15.9 Å². The predicted octanol–water partition coefficient (Wildman–Crippen LogP) is 1.32. The molecular formula is C11H13BrO4. The number of aliphatic hydroxyl groups is 2. The molecule has 1 aromatic carbocycles. The first-order valence-corrected chi connectivity index (χ1v) is 5.46. The second-order valence-electron chi connectivity index (χ2n) is 3.41. The zero-order valence-corrected chi connectivity index (χ0v) is 10.6. The number of benzene rings is 1. The van der Waals surface area contributed by atoms with Crippen molar-refractivity contribution >= 4 is 21.9 Å². The molecule has 0 amide bonds. The molecule has 2 N–H and O–H groups in total. The van der Waals surface area contributed by atoms with Crippen molar-refractivity contribution in [3.63, 3.8) is 0 Å². The van der Waals surface area contributed by atoms with Gasteiger partial charge in [0.25, 0.3) is 0 Å². The highest BCUT2D eigenvalue weighted by atomic mass is 79.9. The first-order chi connectivity index (χ1) is 7.47. The van der Waals surface area contributed by atoms with Gasteiger partial charge in [-0.2, -0.15) is 0 Å². The highest BCUT2D eigenvalue weighted by Gasteiger charge is 2.27. The summed E-state index contributed by atoms with van der Waals surface area (Å²) in [5, 5.41) is 19.3. The predicted molar refractivity (Wildman–Crippen MR) is 61.9 cm³/mol. The van der Waals surface area contributed by atoms with Gasteiger partial charge >= 0.3 is 5.97 Å². The van der Waals surface area contributed by atoms with E-state index < -0.39 is 18.2 Å². The molecule has 2 atom stereocenters. The number of esters is 1. The van der Waals surface area contributed by atoms with Crippen LogP contribution in [0.5, 0.6) is 0 Å². The van der Waals surface area contributed by atoms with Crippen molar-refractivity contribution in [2.24, 2.45) is 0 Å². The second kappa shape index (κ2) is 5.43. The van der Waals surface area contributed by atoms with Crippen LogP contribution in [-0.4, -0.2) is 29.4 Å². The molecule has 1 aromatic rings. The largest absolute Gasteiger partial charge is 0.467 e. The zero-order valence-electron chi connectivity index (χ0n) is 8.98. The molecule has 0 heterocycles. The van der Waals surface area contributed by atoms with E-state index in [1.807, 2.05) is 0 Å². The number of methoxy groups -OCH3 is 1. The fraction of sp³-hybridized carbons (Fsp3) is 0.364. The molecule has 0 aliphatic carbocycles. The average molecular weight is 289 g/mol. The maximum absolute atomic E-state index is 11.1. The first-order valence-electron chi connectivity index (χ1n) is 4.67. The third-order valence-corrected chi connectivity index (χ3v) is 2.79. The van der Waals surface area contributed by atoms with E-state index in [0.717, 1.165) is 17.1 Å². The maximum Gasteiger partial charge on any atom is 0.337 e. The number of ether oxygens (including phenoxy) is 1. The van der Waals surface area contributed by atoms with Crippen LogP contribution in [0.2, 0.25) is 0 Å². The lowest BCUT2D eigenvalue weighted by Gasteiger charge is -2.18. The zero-order chi connectivity index (χ0) is 12.3. The number of hydrogen-bond donors (Lipinski definition) is 2. The number of halogens is 1. The third kappa shape index (κ3) is 2.81. The van der Waals surface area contributed by atoms with Crippen LogP contribution in [0.15, 0.2) is 22.7 Å². The highest BCUT2D eigenvalue weighted by molar-refractivity contribution is 9.10. The lowest BCUT2D eigenvalue weighted by Crippen LogP contribution is -2.29. The van der Waals surface area contributed by atoms with Gasteiger partial charge in [0.1, 0.15) is 6.10 Å². The molecule has 0 fully saturated rings. The van der Waals surface area contributed by atoms with Crippen LogP contribution < -0.4 is 0 Å². The number of aliphatic hydroxyl groups excluding tert-OH is 2. The molecule has 0 saturated carbocycles. The Morgan fingerprint density at radius 2 is 2.06 bits per heavy atom. The van der Waals surface area contributed by atoms with Gasteiger partial charge < -0.3 is 14.9 Å². The van der Waals surface area contributed by atoms with Crippen LogP contribution in [0.4, 0.5) is 0 Å². The Kier molecular flexibility index (Phi) is 4.46. The number of hydrogen-bond acceptors (Lipinski definition) is 4. The average Bonchev–Trinajstić information content (AvgIpc) is 2.26. The molecule has 0 bridgehead atoms. The van der Waals surface area contributed by atoms with Gasteiger partial charge in [0, 0.05) is 4.47 Å². The molecule has 5 heteroatoms. The fourth-order valence-electron chi connectivity index (χ4n) is 1.39. The minimum absolute atomic E-state index is 0.501. The number of aryl methyl sites for hydroxylation is 1. The monoisotopic (exact) mass is 288 g/mol. The van der Waals surface area contributed by atoms with Crippen LogP contribution in [0.1, 0.15) is 17.2 Å². The molecule has 1 rings (SSSR count). The van der Waals surface area contributed by atoms with E-state index in [1.54, 1.807) is 25.1 Å². The Balaban J connectivity index is 2.96. The Bertz CT molecular complexity index is 392. The van der Waals surface area contributed by atoms with Crippen molar-refractivity contribution in [2.75, 3.05) is 7.11 Å². The summed E-state index contributed by atoms with van der Waals surface area (Å²) in [5.74, 6) is -0.852. The maximum atomic E-state index is 11.1. The van der Waals surface area contributed by atoms with E-state index in [-0.39, 0.29) is 0 Å². The molecule has 0 radical (unpaired) electrons. The third-order valence-electron chi connectivity index (χ3n) is 2.29. The summed E-state index contributed by atoms with van der Waals surface area (Å²) in [5.41, 5.74) is 1.28. The molecule has 0 aromatic heterocycles. The topological polar surface area (TPSA) is 66.8 Å². The Labute approximate surface area is 102 Å². The summed E-state index contributed by atoms with van der Waals surface area (Å²) in [6.45, 7) is 1.79. The van der Waals surface area contributed by atoms with Crippen molar-refractivity contribution in [1.29, 1.82) is 0 Å². The molecule has 0 aliphatic rings. The van der Waals surface area contributed by atoms with Gasteiger partial charge in [-0.15, -0.1) is 0 Å². The molecule has 0 aliphatic heterocycles. The summed E-state index contributed by atoms with van der Waals surface area (Å²) < 4.78 is 5.23. The van der Waals surface area contributed by atoms with Gasteiger partial charge in [0.15, 0.2) is 6.10 Å². The summed E-state index contributed by atoms with van der Waals surface area (Å²) >= 11 is 3.29. The Morgan fingerprint density at radius 1 is 1.44 bits per heavy atom.